The molecule has 5 nitrogen and oxygen atoms in total. The van der Waals surface area contributed by atoms with Gasteiger partial charge in [-0.3, -0.25) is 9.59 Å². The third-order valence-corrected chi connectivity index (χ3v) is 6.48. The van der Waals surface area contributed by atoms with E-state index in [9.17, 15) is 14.0 Å². The molecule has 0 saturated carbocycles. The molecule has 0 aliphatic carbocycles. The molecule has 0 fully saturated rings. The fraction of sp³-hybridized carbons (Fsp3) is 0.286. The summed E-state index contributed by atoms with van der Waals surface area (Å²) in [5.41, 5.74) is 2.80. The highest BCUT2D eigenvalue weighted by Gasteiger charge is 2.35. The van der Waals surface area contributed by atoms with Crippen molar-refractivity contribution in [2.45, 2.75) is 38.2 Å². The number of carbonyl (C=O) groups excluding carboxylic acids is 1. The van der Waals surface area contributed by atoms with Gasteiger partial charge in [-0.2, -0.15) is 0 Å². The Hall–Kier alpha value is -3.38. The van der Waals surface area contributed by atoms with Crippen LogP contribution in [0.2, 0.25) is 5.02 Å². The van der Waals surface area contributed by atoms with E-state index in [1.165, 1.54) is 6.07 Å². The number of aliphatic carboxylic acids is 1. The second kappa shape index (κ2) is 10.5. The summed E-state index contributed by atoms with van der Waals surface area (Å²) in [5.74, 6) is -0.900. The zero-order valence-electron chi connectivity index (χ0n) is 19.5. The van der Waals surface area contributed by atoms with E-state index >= 15 is 0 Å². The van der Waals surface area contributed by atoms with Gasteiger partial charge >= 0.3 is 5.97 Å². The highest BCUT2D eigenvalue weighted by molar-refractivity contribution is 6.30. The lowest BCUT2D eigenvalue weighted by molar-refractivity contribution is -0.137. The third-order valence-electron chi connectivity index (χ3n) is 6.19. The predicted molar refractivity (Wildman–Crippen MR) is 133 cm³/mol. The Labute approximate surface area is 209 Å². The fourth-order valence-corrected chi connectivity index (χ4v) is 4.67. The van der Waals surface area contributed by atoms with Gasteiger partial charge in [0, 0.05) is 31.5 Å². The highest BCUT2D eigenvalue weighted by atomic mass is 35.5. The maximum absolute atomic E-state index is 13.5. The molecule has 3 aromatic rings. The van der Waals surface area contributed by atoms with E-state index in [0.717, 1.165) is 16.7 Å². The second-order valence-corrected chi connectivity index (χ2v) is 9.56. The summed E-state index contributed by atoms with van der Waals surface area (Å²) in [5, 5.41) is 9.23. The van der Waals surface area contributed by atoms with E-state index in [4.69, 9.17) is 21.4 Å². The average molecular weight is 496 g/mol. The molecular formula is C28H27ClFNO4. The Morgan fingerprint density at radius 2 is 1.83 bits per heavy atom. The number of benzene rings is 3. The van der Waals surface area contributed by atoms with Gasteiger partial charge in [-0.1, -0.05) is 48.0 Å². The van der Waals surface area contributed by atoms with Crippen molar-refractivity contribution in [3.63, 3.8) is 0 Å². The lowest BCUT2D eigenvalue weighted by Crippen LogP contribution is -2.35. The molecular weight excluding hydrogens is 469 g/mol. The number of halogens is 2. The Balaban J connectivity index is 1.48. The van der Waals surface area contributed by atoms with Crippen LogP contribution in [-0.2, 0) is 24.1 Å². The molecule has 0 aromatic heterocycles. The molecule has 0 saturated heterocycles. The van der Waals surface area contributed by atoms with Gasteiger partial charge in [-0.15, -0.1) is 0 Å². The number of rotatable bonds is 9. The maximum atomic E-state index is 13.5. The fourth-order valence-electron chi connectivity index (χ4n) is 4.47. The summed E-state index contributed by atoms with van der Waals surface area (Å²) in [7, 11) is 0. The minimum Gasteiger partial charge on any atom is -0.487 e. The number of carbonyl (C=O) groups is 2. The van der Waals surface area contributed by atoms with Crippen molar-refractivity contribution >= 4 is 23.5 Å². The van der Waals surface area contributed by atoms with Crippen LogP contribution in [-0.4, -0.2) is 40.6 Å². The molecule has 182 valence electrons. The van der Waals surface area contributed by atoms with Crippen LogP contribution in [0.1, 0.15) is 40.4 Å². The first-order valence-electron chi connectivity index (χ1n) is 11.5. The molecule has 3 aromatic carbocycles. The first-order chi connectivity index (χ1) is 16.7. The first-order valence-corrected chi connectivity index (χ1v) is 11.9. The average Bonchev–Trinajstić information content (AvgIpc) is 3.16. The Kier molecular flexibility index (Phi) is 7.41. The lowest BCUT2D eigenvalue weighted by atomic mass is 9.91. The molecule has 0 spiro atoms. The minimum atomic E-state index is -0.943. The van der Waals surface area contributed by atoms with Gasteiger partial charge in [0.15, 0.2) is 0 Å². The van der Waals surface area contributed by atoms with Crippen LogP contribution in [0.3, 0.4) is 0 Å². The van der Waals surface area contributed by atoms with Gasteiger partial charge in [0.05, 0.1) is 11.4 Å². The van der Waals surface area contributed by atoms with E-state index in [1.807, 2.05) is 43.3 Å². The van der Waals surface area contributed by atoms with Crippen molar-refractivity contribution in [2.24, 2.45) is 0 Å². The molecule has 1 unspecified atom stereocenters. The largest absolute Gasteiger partial charge is 0.487 e. The lowest BCUT2D eigenvalue weighted by Gasteiger charge is -2.24. The van der Waals surface area contributed by atoms with Gasteiger partial charge < -0.3 is 14.7 Å². The minimum absolute atomic E-state index is 0.0754. The molecule has 35 heavy (non-hydrogen) atoms. The summed E-state index contributed by atoms with van der Waals surface area (Å²) in [6.45, 7) is 2.54. The van der Waals surface area contributed by atoms with Gasteiger partial charge in [0.2, 0.25) is 0 Å². The topological polar surface area (TPSA) is 66.8 Å². The molecule has 1 amide bonds. The molecule has 1 aliphatic heterocycles. The van der Waals surface area contributed by atoms with E-state index < -0.39 is 17.4 Å². The Morgan fingerprint density at radius 1 is 1.06 bits per heavy atom. The van der Waals surface area contributed by atoms with Crippen LogP contribution in [0, 0.1) is 5.82 Å². The zero-order valence-corrected chi connectivity index (χ0v) is 20.2. The monoisotopic (exact) mass is 495 g/mol. The van der Waals surface area contributed by atoms with Crippen molar-refractivity contribution in [1.29, 1.82) is 0 Å². The molecule has 1 atom stereocenters. The Bertz CT molecular complexity index is 1230. The van der Waals surface area contributed by atoms with Crippen LogP contribution in [0.5, 0.6) is 5.75 Å². The predicted octanol–water partition coefficient (Wildman–Crippen LogP) is 5.58. The molecule has 1 heterocycles. The highest BCUT2D eigenvalue weighted by Crippen LogP contribution is 2.38. The van der Waals surface area contributed by atoms with Crippen molar-refractivity contribution in [1.82, 2.24) is 4.90 Å². The molecule has 0 radical (unpaired) electrons. The zero-order chi connectivity index (χ0) is 25.0. The summed E-state index contributed by atoms with van der Waals surface area (Å²) >= 11 is 5.93. The van der Waals surface area contributed by atoms with Gasteiger partial charge in [0.25, 0.3) is 5.91 Å². The SMILES string of the molecule is CC1(Cc2ccc(F)c(Cl)c2)Cc2cc(C(=O)N(CCC(=O)O)CCc3ccccc3)ccc2O1. The van der Waals surface area contributed by atoms with Gasteiger partial charge in [-0.25, -0.2) is 4.39 Å². The number of amides is 1. The number of ether oxygens (including phenoxy) is 1. The quantitative estimate of drug-likeness (QED) is 0.421. The van der Waals surface area contributed by atoms with Crippen molar-refractivity contribution in [3.05, 3.63) is 99.8 Å². The summed E-state index contributed by atoms with van der Waals surface area (Å²) in [4.78, 5) is 26.1. The summed E-state index contributed by atoms with van der Waals surface area (Å²) in [6.07, 6.45) is 1.63. The molecule has 1 N–H and O–H groups in total. The molecule has 4 rings (SSSR count). The van der Waals surface area contributed by atoms with Crippen LogP contribution in [0.25, 0.3) is 0 Å². The second-order valence-electron chi connectivity index (χ2n) is 9.15. The molecule has 0 bridgehead atoms. The van der Waals surface area contributed by atoms with Gasteiger partial charge in [0.1, 0.15) is 17.2 Å². The number of carboxylic acids is 1. The number of fused-ring (bicyclic) bond motifs is 1. The number of nitrogens with zero attached hydrogens (tertiary/aromatic N) is 1. The summed E-state index contributed by atoms with van der Waals surface area (Å²) in [6, 6.07) is 19.8. The maximum Gasteiger partial charge on any atom is 0.305 e. The van der Waals surface area contributed by atoms with Crippen LogP contribution in [0.4, 0.5) is 4.39 Å². The number of carboxylic acid groups (broad SMARTS) is 1. The van der Waals surface area contributed by atoms with E-state index in [0.29, 0.717) is 37.1 Å². The van der Waals surface area contributed by atoms with Crippen molar-refractivity contribution in [2.75, 3.05) is 13.1 Å². The van der Waals surface area contributed by atoms with E-state index in [1.54, 1.807) is 29.2 Å². The Morgan fingerprint density at radius 3 is 2.54 bits per heavy atom. The van der Waals surface area contributed by atoms with Crippen LogP contribution < -0.4 is 4.74 Å². The van der Waals surface area contributed by atoms with Crippen LogP contribution >= 0.6 is 11.6 Å². The van der Waals surface area contributed by atoms with Crippen LogP contribution in [0.15, 0.2) is 66.7 Å². The number of hydrogen-bond acceptors (Lipinski definition) is 3. The van der Waals surface area contributed by atoms with Crippen molar-refractivity contribution < 1.29 is 23.8 Å². The first kappa shape index (κ1) is 24.7. The van der Waals surface area contributed by atoms with E-state index in [-0.39, 0.29) is 23.9 Å². The standard InChI is InChI=1S/C28H27ClFNO4/c1-28(17-20-7-9-24(30)23(29)15-20)18-22-16-21(8-10-25(22)35-28)27(34)31(14-12-26(32)33)13-11-19-5-3-2-4-6-19/h2-10,15-16H,11-14,17-18H2,1H3,(H,32,33). The normalized spacial score (nSPS) is 16.4. The van der Waals surface area contributed by atoms with E-state index in [2.05, 4.69) is 0 Å². The third kappa shape index (κ3) is 6.20. The van der Waals surface area contributed by atoms with Gasteiger partial charge in [-0.05, 0) is 60.4 Å². The molecule has 1 aliphatic rings. The smallest absolute Gasteiger partial charge is 0.305 e. The van der Waals surface area contributed by atoms with Crippen molar-refractivity contribution in [3.8, 4) is 5.75 Å². The number of hydrogen-bond donors (Lipinski definition) is 1. The summed E-state index contributed by atoms with van der Waals surface area (Å²) < 4.78 is 19.7. The molecule has 7 heteroatoms.